The lowest BCUT2D eigenvalue weighted by Crippen LogP contribution is -2.53. The summed E-state index contributed by atoms with van der Waals surface area (Å²) in [4.78, 5) is 24.8. The van der Waals surface area contributed by atoms with Gasteiger partial charge in [-0.25, -0.2) is 0 Å². The molecule has 2 aliphatic rings. The van der Waals surface area contributed by atoms with Gasteiger partial charge in [0.2, 0.25) is 0 Å². The molecule has 0 bridgehead atoms. The summed E-state index contributed by atoms with van der Waals surface area (Å²) in [5, 5.41) is 29.0. The quantitative estimate of drug-likeness (QED) is 0.707. The van der Waals surface area contributed by atoms with Crippen LogP contribution in [0, 0.1) is 5.92 Å². The maximum Gasteiger partial charge on any atom is 0.303 e. The maximum absolute atomic E-state index is 12.3. The Morgan fingerprint density at radius 3 is 2.70 bits per heavy atom. The minimum Gasteiger partial charge on any atom is -0.481 e. The van der Waals surface area contributed by atoms with Gasteiger partial charge in [-0.2, -0.15) is 0 Å². The molecule has 0 aromatic heterocycles. The van der Waals surface area contributed by atoms with Crippen LogP contribution in [0.4, 0.5) is 0 Å². The van der Waals surface area contributed by atoms with E-state index in [2.05, 4.69) is 0 Å². The molecule has 1 amide bonds. The van der Waals surface area contributed by atoms with Gasteiger partial charge in [0.1, 0.15) is 0 Å². The van der Waals surface area contributed by atoms with E-state index in [1.165, 1.54) is 4.90 Å². The second kappa shape index (κ2) is 4.57. The molecule has 1 aromatic rings. The smallest absolute Gasteiger partial charge is 0.303 e. The van der Waals surface area contributed by atoms with Crippen LogP contribution in [-0.4, -0.2) is 50.8 Å². The summed E-state index contributed by atoms with van der Waals surface area (Å²) >= 11 is 0. The van der Waals surface area contributed by atoms with Gasteiger partial charge in [0.15, 0.2) is 0 Å². The summed E-state index contributed by atoms with van der Waals surface area (Å²) in [6.45, 7) is 0.0233. The summed E-state index contributed by atoms with van der Waals surface area (Å²) in [5.41, 5.74) is 1.25. The number of carbonyl (C=O) groups is 2. The number of rotatable bonds is 2. The van der Waals surface area contributed by atoms with Crippen LogP contribution in [0.15, 0.2) is 24.3 Å². The number of hydrogen-bond acceptors (Lipinski definition) is 4. The van der Waals surface area contributed by atoms with Gasteiger partial charge in [0.05, 0.1) is 31.2 Å². The van der Waals surface area contributed by atoms with Crippen molar-refractivity contribution in [1.82, 2.24) is 4.90 Å². The number of piperidine rings is 1. The minimum atomic E-state index is -1.15. The Kier molecular flexibility index (Phi) is 2.99. The third kappa shape index (κ3) is 1.80. The standard InChI is InChI=1S/C14H15NO5/c16-10-6-15-12(9(13(10)19)5-11(17)18)7-3-1-2-4-8(7)14(15)20/h1-4,9-10,12-13,16,19H,5-6H2,(H,17,18)/t9-,10+,12-,13-/m1/s1. The first kappa shape index (κ1) is 13.1. The Morgan fingerprint density at radius 1 is 1.30 bits per heavy atom. The lowest BCUT2D eigenvalue weighted by Gasteiger charge is -2.42. The fourth-order valence-electron chi connectivity index (χ4n) is 3.27. The summed E-state index contributed by atoms with van der Waals surface area (Å²) in [6, 6.07) is 6.51. The van der Waals surface area contributed by atoms with E-state index < -0.39 is 30.1 Å². The van der Waals surface area contributed by atoms with Crippen LogP contribution in [0.5, 0.6) is 0 Å². The molecular formula is C14H15NO5. The molecule has 6 heteroatoms. The fourth-order valence-corrected chi connectivity index (χ4v) is 3.27. The van der Waals surface area contributed by atoms with E-state index in [9.17, 15) is 19.8 Å². The number of benzene rings is 1. The third-order valence-corrected chi connectivity index (χ3v) is 4.14. The molecule has 4 atom stereocenters. The van der Waals surface area contributed by atoms with Crippen molar-refractivity contribution in [2.75, 3.05) is 6.54 Å². The maximum atomic E-state index is 12.3. The van der Waals surface area contributed by atoms with Crippen molar-refractivity contribution < 1.29 is 24.9 Å². The molecule has 1 aromatic carbocycles. The van der Waals surface area contributed by atoms with E-state index in [1.54, 1.807) is 24.3 Å². The van der Waals surface area contributed by atoms with E-state index in [1.807, 2.05) is 0 Å². The van der Waals surface area contributed by atoms with E-state index in [-0.39, 0.29) is 18.9 Å². The highest BCUT2D eigenvalue weighted by Crippen LogP contribution is 2.44. The average molecular weight is 277 g/mol. The van der Waals surface area contributed by atoms with Crippen LogP contribution in [0.1, 0.15) is 28.4 Å². The van der Waals surface area contributed by atoms with Gasteiger partial charge < -0.3 is 20.2 Å². The summed E-state index contributed by atoms with van der Waals surface area (Å²) in [6.07, 6.45) is -2.55. The molecule has 2 heterocycles. The zero-order valence-corrected chi connectivity index (χ0v) is 10.6. The Morgan fingerprint density at radius 2 is 2.00 bits per heavy atom. The first-order valence-electron chi connectivity index (χ1n) is 6.48. The first-order chi connectivity index (χ1) is 9.50. The number of carboxylic acid groups (broad SMARTS) is 1. The number of amides is 1. The molecule has 106 valence electrons. The molecule has 20 heavy (non-hydrogen) atoms. The lowest BCUT2D eigenvalue weighted by atomic mass is 9.81. The molecule has 1 fully saturated rings. The molecule has 0 spiro atoms. The summed E-state index contributed by atoms with van der Waals surface area (Å²) in [5.74, 6) is -1.98. The zero-order chi connectivity index (χ0) is 14.4. The van der Waals surface area contributed by atoms with Crippen molar-refractivity contribution in [3.05, 3.63) is 35.4 Å². The van der Waals surface area contributed by atoms with Crippen molar-refractivity contribution in [1.29, 1.82) is 0 Å². The van der Waals surface area contributed by atoms with Gasteiger partial charge >= 0.3 is 5.97 Å². The molecule has 0 aliphatic carbocycles. The van der Waals surface area contributed by atoms with Crippen LogP contribution in [0.2, 0.25) is 0 Å². The number of fused-ring (bicyclic) bond motifs is 3. The molecule has 0 unspecified atom stereocenters. The first-order valence-corrected chi connectivity index (χ1v) is 6.48. The Hall–Kier alpha value is -1.92. The third-order valence-electron chi connectivity index (χ3n) is 4.14. The zero-order valence-electron chi connectivity index (χ0n) is 10.6. The molecule has 6 nitrogen and oxygen atoms in total. The van der Waals surface area contributed by atoms with Crippen molar-refractivity contribution >= 4 is 11.9 Å². The molecule has 3 N–H and O–H groups in total. The molecule has 3 rings (SSSR count). The summed E-state index contributed by atoms with van der Waals surface area (Å²) < 4.78 is 0. The van der Waals surface area contributed by atoms with Gasteiger partial charge in [-0.05, 0) is 11.6 Å². The molecule has 1 saturated heterocycles. The van der Waals surface area contributed by atoms with Gasteiger partial charge in [-0.1, -0.05) is 18.2 Å². The topological polar surface area (TPSA) is 98.1 Å². The molecule has 2 aliphatic heterocycles. The molecule has 0 saturated carbocycles. The van der Waals surface area contributed by atoms with Gasteiger partial charge in [0.25, 0.3) is 5.91 Å². The number of carbonyl (C=O) groups excluding carboxylic acids is 1. The second-order valence-corrected chi connectivity index (χ2v) is 5.31. The number of carboxylic acids is 1. The van der Waals surface area contributed by atoms with Crippen molar-refractivity contribution in [3.8, 4) is 0 Å². The minimum absolute atomic E-state index is 0.0233. The van der Waals surface area contributed by atoms with Crippen LogP contribution in [0.3, 0.4) is 0 Å². The van der Waals surface area contributed by atoms with E-state index in [4.69, 9.17) is 5.11 Å². The van der Waals surface area contributed by atoms with Crippen LogP contribution < -0.4 is 0 Å². The van der Waals surface area contributed by atoms with Crippen molar-refractivity contribution in [3.63, 3.8) is 0 Å². The average Bonchev–Trinajstić information content (AvgIpc) is 2.69. The Balaban J connectivity index is 2.06. The molecular weight excluding hydrogens is 262 g/mol. The highest BCUT2D eigenvalue weighted by Gasteiger charge is 2.50. The van der Waals surface area contributed by atoms with Crippen LogP contribution in [-0.2, 0) is 4.79 Å². The normalized spacial score (nSPS) is 31.9. The Bertz CT molecular complexity index is 572. The fraction of sp³-hybridized carbons (Fsp3) is 0.429. The SMILES string of the molecule is O=C(O)C[C@H]1[C@@H](O)[C@@H](O)CN2C(=O)c3ccccc3[C@H]12. The van der Waals surface area contributed by atoms with Gasteiger partial charge in [-0.15, -0.1) is 0 Å². The largest absolute Gasteiger partial charge is 0.481 e. The monoisotopic (exact) mass is 277 g/mol. The highest BCUT2D eigenvalue weighted by atomic mass is 16.4. The van der Waals surface area contributed by atoms with E-state index >= 15 is 0 Å². The van der Waals surface area contributed by atoms with Gasteiger partial charge in [0, 0.05) is 11.5 Å². The number of aliphatic hydroxyl groups is 2. The van der Waals surface area contributed by atoms with E-state index in [0.29, 0.717) is 5.56 Å². The number of hydrogen-bond donors (Lipinski definition) is 3. The van der Waals surface area contributed by atoms with Gasteiger partial charge in [-0.3, -0.25) is 9.59 Å². The number of nitrogens with zero attached hydrogens (tertiary/aromatic N) is 1. The van der Waals surface area contributed by atoms with Crippen molar-refractivity contribution in [2.24, 2.45) is 5.92 Å². The lowest BCUT2D eigenvalue weighted by molar-refractivity contribution is -0.144. The highest BCUT2D eigenvalue weighted by molar-refractivity contribution is 5.99. The number of aliphatic carboxylic acids is 1. The predicted molar refractivity (Wildman–Crippen MR) is 68.0 cm³/mol. The number of aliphatic hydroxyl groups excluding tert-OH is 2. The Labute approximate surface area is 115 Å². The van der Waals surface area contributed by atoms with Crippen LogP contribution >= 0.6 is 0 Å². The van der Waals surface area contributed by atoms with Crippen LogP contribution in [0.25, 0.3) is 0 Å². The second-order valence-electron chi connectivity index (χ2n) is 5.31. The predicted octanol–water partition coefficient (Wildman–Crippen LogP) is 0.00980. The molecule has 0 radical (unpaired) electrons. The van der Waals surface area contributed by atoms with E-state index in [0.717, 1.165) is 5.56 Å². The summed E-state index contributed by atoms with van der Waals surface area (Å²) in [7, 11) is 0. The van der Waals surface area contributed by atoms with Crippen molar-refractivity contribution in [2.45, 2.75) is 24.7 Å².